The first-order valence-corrected chi connectivity index (χ1v) is 12.2. The molecule has 0 fully saturated rings. The van der Waals surface area contributed by atoms with Crippen molar-refractivity contribution in [2.24, 2.45) is 5.41 Å². The van der Waals surface area contributed by atoms with Gasteiger partial charge in [0.1, 0.15) is 5.58 Å². The standard InChI is InChI=1S/C30H29NO5/c1-18-25(29(34)35-14-13-19-9-5-4-6-10-19)26(27-22(31-18)15-30(2,3)16-23(27)32)21-17-36-24-12-8-7-11-20(24)28(21)33/h4-12,17,26,31H,13-16H2,1-3H3/t26-/m0/s1. The molecule has 1 N–H and O–H groups in total. The second-order valence-electron chi connectivity index (χ2n) is 10.3. The number of nitrogens with one attached hydrogen (secondary N) is 1. The first kappa shape index (κ1) is 23.8. The van der Waals surface area contributed by atoms with Gasteiger partial charge in [0.05, 0.1) is 29.7 Å². The molecule has 0 saturated carbocycles. The first-order chi connectivity index (χ1) is 17.2. The van der Waals surface area contributed by atoms with Crippen LogP contribution >= 0.6 is 0 Å². The maximum absolute atomic E-state index is 13.6. The zero-order valence-corrected chi connectivity index (χ0v) is 20.7. The highest BCUT2D eigenvalue weighted by Gasteiger charge is 2.44. The van der Waals surface area contributed by atoms with E-state index in [1.807, 2.05) is 44.2 Å². The third-order valence-corrected chi connectivity index (χ3v) is 6.94. The Morgan fingerprint density at radius 1 is 1.06 bits per heavy atom. The van der Waals surface area contributed by atoms with Crippen LogP contribution in [0.2, 0.25) is 0 Å². The Balaban J connectivity index is 1.57. The van der Waals surface area contributed by atoms with Crippen molar-refractivity contribution < 1.29 is 18.7 Å². The molecule has 3 aromatic rings. The fourth-order valence-corrected chi connectivity index (χ4v) is 5.29. The van der Waals surface area contributed by atoms with E-state index in [1.54, 1.807) is 31.2 Å². The van der Waals surface area contributed by atoms with E-state index in [4.69, 9.17) is 9.15 Å². The zero-order chi connectivity index (χ0) is 25.4. The summed E-state index contributed by atoms with van der Waals surface area (Å²) in [6.45, 7) is 6.06. The monoisotopic (exact) mass is 483 g/mol. The average molecular weight is 484 g/mol. The van der Waals surface area contributed by atoms with Crippen molar-refractivity contribution in [3.8, 4) is 0 Å². The third-order valence-electron chi connectivity index (χ3n) is 6.94. The summed E-state index contributed by atoms with van der Waals surface area (Å²) in [6, 6.07) is 16.7. The molecule has 36 heavy (non-hydrogen) atoms. The summed E-state index contributed by atoms with van der Waals surface area (Å²) in [6.07, 6.45) is 2.93. The topological polar surface area (TPSA) is 85.6 Å². The maximum Gasteiger partial charge on any atom is 0.336 e. The molecule has 2 aromatic carbocycles. The molecule has 0 saturated heterocycles. The number of Topliss-reactive ketones (excluding diaryl/α,β-unsaturated/α-hetero) is 1. The SMILES string of the molecule is CC1=C(C(=O)OCCc2ccccc2)[C@H](c2coc3ccccc3c2=O)C2=C(CC(C)(C)CC2=O)N1. The molecule has 1 aliphatic carbocycles. The second kappa shape index (κ2) is 9.26. The predicted molar refractivity (Wildman–Crippen MR) is 137 cm³/mol. The number of allylic oxidation sites excluding steroid dienone is 3. The molecule has 0 radical (unpaired) electrons. The van der Waals surface area contributed by atoms with Gasteiger partial charge in [0.15, 0.2) is 11.2 Å². The Kier molecular flexibility index (Phi) is 6.12. The van der Waals surface area contributed by atoms with Crippen molar-refractivity contribution in [2.75, 3.05) is 6.61 Å². The first-order valence-electron chi connectivity index (χ1n) is 12.2. The van der Waals surface area contributed by atoms with Gasteiger partial charge >= 0.3 is 5.97 Å². The van der Waals surface area contributed by atoms with Crippen LogP contribution in [0.15, 0.2) is 92.6 Å². The van der Waals surface area contributed by atoms with E-state index < -0.39 is 11.9 Å². The number of dihydropyridines is 1. The van der Waals surface area contributed by atoms with Gasteiger partial charge in [-0.25, -0.2) is 4.79 Å². The Morgan fingerprint density at radius 3 is 2.56 bits per heavy atom. The van der Waals surface area contributed by atoms with E-state index in [-0.39, 0.29) is 34.4 Å². The van der Waals surface area contributed by atoms with Crippen molar-refractivity contribution in [1.82, 2.24) is 5.32 Å². The number of carbonyl (C=O) groups excluding carboxylic acids is 2. The van der Waals surface area contributed by atoms with Crippen LogP contribution in [-0.4, -0.2) is 18.4 Å². The van der Waals surface area contributed by atoms with E-state index in [2.05, 4.69) is 5.32 Å². The molecule has 1 atom stereocenters. The lowest BCUT2D eigenvalue weighted by atomic mass is 9.68. The summed E-state index contributed by atoms with van der Waals surface area (Å²) in [4.78, 5) is 40.6. The van der Waals surface area contributed by atoms with Crippen LogP contribution in [0.1, 0.15) is 50.7 Å². The van der Waals surface area contributed by atoms with Gasteiger partial charge in [-0.2, -0.15) is 0 Å². The number of ether oxygens (including phenoxy) is 1. The van der Waals surface area contributed by atoms with Gasteiger partial charge in [-0.05, 0) is 36.5 Å². The van der Waals surface area contributed by atoms with Crippen molar-refractivity contribution in [1.29, 1.82) is 0 Å². The minimum Gasteiger partial charge on any atom is -0.464 e. The van der Waals surface area contributed by atoms with Gasteiger partial charge in [0.2, 0.25) is 0 Å². The van der Waals surface area contributed by atoms with Gasteiger partial charge < -0.3 is 14.5 Å². The van der Waals surface area contributed by atoms with E-state index in [9.17, 15) is 14.4 Å². The predicted octanol–water partition coefficient (Wildman–Crippen LogP) is 5.18. The van der Waals surface area contributed by atoms with Crippen LogP contribution in [0.25, 0.3) is 11.0 Å². The normalized spacial score (nSPS) is 19.2. The lowest BCUT2D eigenvalue weighted by Gasteiger charge is -2.39. The number of carbonyl (C=O) groups is 2. The summed E-state index contributed by atoms with van der Waals surface area (Å²) in [5, 5.41) is 3.72. The average Bonchev–Trinajstić information content (AvgIpc) is 2.83. The molecule has 2 aliphatic rings. The van der Waals surface area contributed by atoms with Crippen LogP contribution in [0.4, 0.5) is 0 Å². The van der Waals surface area contributed by atoms with Gasteiger partial charge in [-0.3, -0.25) is 9.59 Å². The Labute approximate surface area is 209 Å². The summed E-state index contributed by atoms with van der Waals surface area (Å²) in [7, 11) is 0. The van der Waals surface area contributed by atoms with Gasteiger partial charge in [-0.15, -0.1) is 0 Å². The lowest BCUT2D eigenvalue weighted by molar-refractivity contribution is -0.139. The molecule has 0 spiro atoms. The maximum atomic E-state index is 13.6. The van der Waals surface area contributed by atoms with E-state index in [1.165, 1.54) is 6.26 Å². The molecular weight excluding hydrogens is 454 g/mol. The second-order valence-corrected chi connectivity index (χ2v) is 10.3. The Bertz CT molecular complexity index is 1480. The number of esters is 1. The largest absolute Gasteiger partial charge is 0.464 e. The van der Waals surface area contributed by atoms with E-state index in [0.717, 1.165) is 11.3 Å². The van der Waals surface area contributed by atoms with Crippen LogP contribution < -0.4 is 10.7 Å². The number of hydrogen-bond donors (Lipinski definition) is 1. The van der Waals surface area contributed by atoms with Gasteiger partial charge in [0, 0.05) is 35.4 Å². The summed E-state index contributed by atoms with van der Waals surface area (Å²) < 4.78 is 11.5. The number of para-hydroxylation sites is 1. The number of benzene rings is 2. The Hall–Kier alpha value is -3.93. The van der Waals surface area contributed by atoms with Crippen molar-refractivity contribution in [3.63, 3.8) is 0 Å². The van der Waals surface area contributed by atoms with Crippen molar-refractivity contribution in [3.05, 3.63) is 105 Å². The minimum absolute atomic E-state index is 0.0756. The van der Waals surface area contributed by atoms with E-state index in [0.29, 0.717) is 41.5 Å². The van der Waals surface area contributed by atoms with Crippen LogP contribution in [0.5, 0.6) is 0 Å². The van der Waals surface area contributed by atoms with Crippen molar-refractivity contribution in [2.45, 2.75) is 46.0 Å². The Morgan fingerprint density at radius 2 is 1.78 bits per heavy atom. The molecule has 0 bridgehead atoms. The zero-order valence-electron chi connectivity index (χ0n) is 20.7. The van der Waals surface area contributed by atoms with Crippen LogP contribution in [-0.2, 0) is 20.7 Å². The molecule has 1 aromatic heterocycles. The fourth-order valence-electron chi connectivity index (χ4n) is 5.29. The summed E-state index contributed by atoms with van der Waals surface area (Å²) in [5.74, 6) is -1.47. The smallest absolute Gasteiger partial charge is 0.336 e. The summed E-state index contributed by atoms with van der Waals surface area (Å²) >= 11 is 0. The molecule has 6 nitrogen and oxygen atoms in total. The third kappa shape index (κ3) is 4.39. The van der Waals surface area contributed by atoms with E-state index >= 15 is 0 Å². The number of hydrogen-bond acceptors (Lipinski definition) is 6. The highest BCUT2D eigenvalue weighted by atomic mass is 16.5. The molecule has 0 amide bonds. The molecule has 0 unspecified atom stereocenters. The highest BCUT2D eigenvalue weighted by molar-refractivity contribution is 6.04. The number of ketones is 1. The molecule has 6 heteroatoms. The minimum atomic E-state index is -0.852. The lowest BCUT2D eigenvalue weighted by Crippen LogP contribution is -2.39. The van der Waals surface area contributed by atoms with Gasteiger partial charge in [0.25, 0.3) is 0 Å². The molecule has 184 valence electrons. The number of rotatable bonds is 5. The van der Waals surface area contributed by atoms with Crippen LogP contribution in [0.3, 0.4) is 0 Å². The molecule has 5 rings (SSSR count). The van der Waals surface area contributed by atoms with Crippen LogP contribution in [0, 0.1) is 5.41 Å². The molecule has 2 heterocycles. The van der Waals surface area contributed by atoms with Gasteiger partial charge in [-0.1, -0.05) is 56.3 Å². The number of fused-ring (bicyclic) bond motifs is 1. The fraction of sp³-hybridized carbons (Fsp3) is 0.300. The van der Waals surface area contributed by atoms with Crippen molar-refractivity contribution >= 4 is 22.7 Å². The highest BCUT2D eigenvalue weighted by Crippen LogP contribution is 2.46. The quantitative estimate of drug-likeness (QED) is 0.503. The summed E-state index contributed by atoms with van der Waals surface area (Å²) in [5.41, 5.74) is 3.37. The molecular formula is C30H29NO5. The molecule has 1 aliphatic heterocycles.